The van der Waals surface area contributed by atoms with Gasteiger partial charge in [0.05, 0.1) is 0 Å². The number of aliphatic hydroxyl groups is 2. The highest BCUT2D eigenvalue weighted by molar-refractivity contribution is 5.08. The Morgan fingerprint density at radius 3 is 1.43 bits per heavy atom. The van der Waals surface area contributed by atoms with Crippen LogP contribution < -0.4 is 0 Å². The minimum absolute atomic E-state index is 0.538. The monoisotopic (exact) mass is 196 g/mol. The molecule has 0 radical (unpaired) electrons. The maximum Gasteiger partial charge on any atom is 0.114 e. The molecule has 0 fully saturated rings. The zero-order chi connectivity index (χ0) is 10.2. The first kappa shape index (κ1) is 11.6. The van der Waals surface area contributed by atoms with Crippen LogP contribution in [-0.4, -0.2) is 22.4 Å². The number of hydrogen-bond acceptors (Lipinski definition) is 2. The Balaban J connectivity index is 2.39. The molecule has 1 aliphatic rings. The summed E-state index contributed by atoms with van der Waals surface area (Å²) in [6, 6.07) is 0. The van der Waals surface area contributed by atoms with E-state index >= 15 is 0 Å². The Labute approximate surface area is 86.3 Å². The third-order valence-electron chi connectivity index (χ3n) is 2.62. The summed E-state index contributed by atoms with van der Waals surface area (Å²) in [6.07, 6.45) is 7.40. The zero-order valence-electron chi connectivity index (χ0n) is 8.71. The van der Waals surface area contributed by atoms with Crippen molar-refractivity contribution >= 4 is 0 Å². The highest BCUT2D eigenvalue weighted by atomic mass is 16.3. The fourth-order valence-corrected chi connectivity index (χ4v) is 1.72. The Morgan fingerprint density at radius 2 is 1.00 bits per heavy atom. The predicted molar refractivity (Wildman–Crippen MR) is 56.7 cm³/mol. The summed E-state index contributed by atoms with van der Waals surface area (Å²) in [5.74, 6) is 5.41. The van der Waals surface area contributed by atoms with Gasteiger partial charge in [-0.1, -0.05) is 37.5 Å². The van der Waals surface area contributed by atoms with Crippen molar-refractivity contribution in [2.24, 2.45) is 0 Å². The molecule has 80 valence electrons. The molecule has 14 heavy (non-hydrogen) atoms. The Bertz CT molecular complexity index is 182. The van der Waals surface area contributed by atoms with Crippen LogP contribution in [0, 0.1) is 11.8 Å². The minimum Gasteiger partial charge on any atom is -0.380 e. The van der Waals surface area contributed by atoms with E-state index < -0.39 is 12.2 Å². The van der Waals surface area contributed by atoms with Crippen LogP contribution >= 0.6 is 0 Å². The van der Waals surface area contributed by atoms with Crippen LogP contribution in [0.5, 0.6) is 0 Å². The van der Waals surface area contributed by atoms with Crippen LogP contribution in [0.1, 0.15) is 51.4 Å². The molecule has 1 aliphatic carbocycles. The lowest BCUT2D eigenvalue weighted by Crippen LogP contribution is -2.07. The number of rotatable bonds is 0. The van der Waals surface area contributed by atoms with E-state index in [2.05, 4.69) is 11.8 Å². The molecule has 2 nitrogen and oxygen atoms in total. The molecular formula is C12H20O2. The molecule has 2 N–H and O–H groups in total. The molecule has 0 aromatic carbocycles. The van der Waals surface area contributed by atoms with Gasteiger partial charge in [0.2, 0.25) is 0 Å². The van der Waals surface area contributed by atoms with Crippen LogP contribution in [0.2, 0.25) is 0 Å². The van der Waals surface area contributed by atoms with E-state index in [4.69, 9.17) is 0 Å². The maximum absolute atomic E-state index is 9.43. The Kier molecular flexibility index (Phi) is 5.66. The highest BCUT2D eigenvalue weighted by Crippen LogP contribution is 2.11. The van der Waals surface area contributed by atoms with Crippen molar-refractivity contribution in [1.29, 1.82) is 0 Å². The predicted octanol–water partition coefficient (Wildman–Crippen LogP) is 1.85. The molecule has 0 heterocycles. The normalized spacial score (nSPS) is 30.7. The van der Waals surface area contributed by atoms with Crippen LogP contribution in [0.25, 0.3) is 0 Å². The van der Waals surface area contributed by atoms with Gasteiger partial charge in [-0.2, -0.15) is 0 Å². The van der Waals surface area contributed by atoms with Gasteiger partial charge in [-0.3, -0.25) is 0 Å². The summed E-state index contributed by atoms with van der Waals surface area (Å²) in [5, 5.41) is 18.9. The highest BCUT2D eigenvalue weighted by Gasteiger charge is 2.03. The quantitative estimate of drug-likeness (QED) is 0.580. The maximum atomic E-state index is 9.43. The molecular weight excluding hydrogens is 176 g/mol. The second kappa shape index (κ2) is 6.86. The van der Waals surface area contributed by atoms with Crippen LogP contribution in [0.15, 0.2) is 0 Å². The summed E-state index contributed by atoms with van der Waals surface area (Å²) >= 11 is 0. The third-order valence-corrected chi connectivity index (χ3v) is 2.62. The van der Waals surface area contributed by atoms with E-state index in [0.29, 0.717) is 0 Å². The molecule has 1 rings (SSSR count). The summed E-state index contributed by atoms with van der Waals surface area (Å²) in [4.78, 5) is 0. The van der Waals surface area contributed by atoms with Gasteiger partial charge in [-0.25, -0.2) is 0 Å². The molecule has 0 amide bonds. The van der Waals surface area contributed by atoms with Crippen LogP contribution in [0.3, 0.4) is 0 Å². The first-order valence-electron chi connectivity index (χ1n) is 5.66. The van der Waals surface area contributed by atoms with Crippen molar-refractivity contribution in [3.05, 3.63) is 0 Å². The lowest BCUT2D eigenvalue weighted by molar-refractivity contribution is 0.204. The minimum atomic E-state index is -0.538. The largest absolute Gasteiger partial charge is 0.380 e. The number of hydrogen-bond donors (Lipinski definition) is 2. The van der Waals surface area contributed by atoms with Crippen molar-refractivity contribution in [2.75, 3.05) is 0 Å². The van der Waals surface area contributed by atoms with Crippen LogP contribution in [0.4, 0.5) is 0 Å². The lowest BCUT2D eigenvalue weighted by atomic mass is 10.0. The zero-order valence-corrected chi connectivity index (χ0v) is 8.71. The van der Waals surface area contributed by atoms with Crippen molar-refractivity contribution in [3.63, 3.8) is 0 Å². The Hall–Kier alpha value is -0.520. The third kappa shape index (κ3) is 5.26. The van der Waals surface area contributed by atoms with E-state index in [1.807, 2.05) is 0 Å². The molecule has 0 bridgehead atoms. The van der Waals surface area contributed by atoms with Gasteiger partial charge in [0.25, 0.3) is 0 Å². The summed E-state index contributed by atoms with van der Waals surface area (Å²) in [7, 11) is 0. The topological polar surface area (TPSA) is 40.5 Å². The molecule has 0 aromatic heterocycles. The second-order valence-electron chi connectivity index (χ2n) is 4.02. The molecule has 0 saturated heterocycles. The molecule has 2 heteroatoms. The van der Waals surface area contributed by atoms with Crippen molar-refractivity contribution in [3.8, 4) is 11.8 Å². The van der Waals surface area contributed by atoms with Gasteiger partial charge in [0, 0.05) is 0 Å². The lowest BCUT2D eigenvalue weighted by Gasteiger charge is -2.07. The smallest absolute Gasteiger partial charge is 0.114 e. The fraction of sp³-hybridized carbons (Fsp3) is 0.833. The van der Waals surface area contributed by atoms with E-state index in [-0.39, 0.29) is 0 Å². The summed E-state index contributed by atoms with van der Waals surface area (Å²) in [5.41, 5.74) is 0. The average Bonchev–Trinajstić information content (AvgIpc) is 2.17. The van der Waals surface area contributed by atoms with E-state index in [1.54, 1.807) is 0 Å². The Morgan fingerprint density at radius 1 is 0.643 bits per heavy atom. The van der Waals surface area contributed by atoms with Crippen molar-refractivity contribution < 1.29 is 10.2 Å². The summed E-state index contributed by atoms with van der Waals surface area (Å²) < 4.78 is 0. The van der Waals surface area contributed by atoms with Gasteiger partial charge in [-0.05, 0) is 25.7 Å². The van der Waals surface area contributed by atoms with Crippen LogP contribution in [-0.2, 0) is 0 Å². The SMILES string of the molecule is OC1C#C[C@H](O)CCCCCCCC1. The molecule has 0 saturated carbocycles. The number of aliphatic hydroxyl groups excluding tert-OH is 2. The van der Waals surface area contributed by atoms with Crippen molar-refractivity contribution in [2.45, 2.75) is 63.6 Å². The second-order valence-corrected chi connectivity index (χ2v) is 4.02. The molecule has 0 spiro atoms. The van der Waals surface area contributed by atoms with E-state index in [1.165, 1.54) is 25.7 Å². The molecule has 2 atom stereocenters. The van der Waals surface area contributed by atoms with Gasteiger partial charge in [0.15, 0.2) is 0 Å². The first-order valence-corrected chi connectivity index (χ1v) is 5.66. The average molecular weight is 196 g/mol. The summed E-state index contributed by atoms with van der Waals surface area (Å²) in [6.45, 7) is 0. The molecule has 0 aromatic rings. The van der Waals surface area contributed by atoms with Crippen molar-refractivity contribution in [1.82, 2.24) is 0 Å². The fourth-order valence-electron chi connectivity index (χ4n) is 1.72. The van der Waals surface area contributed by atoms with E-state index in [0.717, 1.165) is 25.7 Å². The van der Waals surface area contributed by atoms with Gasteiger partial charge in [-0.15, -0.1) is 0 Å². The van der Waals surface area contributed by atoms with Gasteiger partial charge >= 0.3 is 0 Å². The van der Waals surface area contributed by atoms with Gasteiger partial charge < -0.3 is 10.2 Å². The molecule has 0 aliphatic heterocycles. The standard InChI is InChI=1S/C12H20O2/c13-11-7-5-3-1-2-4-6-8-12(14)10-9-11/h11-14H,1-8H2/t11-,12?/m1/s1. The van der Waals surface area contributed by atoms with E-state index in [9.17, 15) is 10.2 Å². The van der Waals surface area contributed by atoms with Gasteiger partial charge in [0.1, 0.15) is 12.2 Å². The molecule has 1 unspecified atom stereocenters. The first-order chi connectivity index (χ1) is 6.79.